The van der Waals surface area contributed by atoms with Crippen LogP contribution in [0, 0.1) is 5.41 Å². The van der Waals surface area contributed by atoms with Crippen LogP contribution in [0.1, 0.15) is 45.8 Å². The minimum atomic E-state index is -0.622. The van der Waals surface area contributed by atoms with Gasteiger partial charge >= 0.3 is 5.97 Å². The van der Waals surface area contributed by atoms with E-state index < -0.39 is 6.10 Å². The molecule has 0 heterocycles. The van der Waals surface area contributed by atoms with Gasteiger partial charge in [0.1, 0.15) is 0 Å². The van der Waals surface area contributed by atoms with Gasteiger partial charge in [-0.05, 0) is 24.3 Å². The molecule has 0 saturated heterocycles. The van der Waals surface area contributed by atoms with Crippen molar-refractivity contribution in [3.05, 3.63) is 35.9 Å². The summed E-state index contributed by atoms with van der Waals surface area (Å²) in [7, 11) is 0. The lowest BCUT2D eigenvalue weighted by Gasteiger charge is -2.21. The van der Waals surface area contributed by atoms with Crippen molar-refractivity contribution in [1.82, 2.24) is 0 Å². The Bertz CT molecular complexity index is 379. The van der Waals surface area contributed by atoms with E-state index in [2.05, 4.69) is 20.8 Å². The number of hydrogen-bond donors (Lipinski definition) is 0. The molecule has 3 nitrogen and oxygen atoms in total. The number of carbonyl (C=O) groups excluding carboxylic acids is 1. The summed E-state index contributed by atoms with van der Waals surface area (Å²) in [5.74, 6) is -0.317. The van der Waals surface area contributed by atoms with Gasteiger partial charge in [-0.1, -0.05) is 51.1 Å². The fourth-order valence-corrected chi connectivity index (χ4v) is 1.63. The van der Waals surface area contributed by atoms with Gasteiger partial charge in [0.2, 0.25) is 0 Å². The van der Waals surface area contributed by atoms with E-state index in [-0.39, 0.29) is 11.4 Å². The summed E-state index contributed by atoms with van der Waals surface area (Å²) in [6.45, 7) is 9.16. The molecule has 1 aromatic rings. The predicted octanol–water partition coefficient (Wildman–Crippen LogP) is 3.74. The predicted molar refractivity (Wildman–Crippen MR) is 75.8 cm³/mol. The normalized spacial score (nSPS) is 13.1. The van der Waals surface area contributed by atoms with E-state index in [0.29, 0.717) is 13.2 Å². The van der Waals surface area contributed by atoms with Gasteiger partial charge in [-0.2, -0.15) is 0 Å². The lowest BCUT2D eigenvalue weighted by Crippen LogP contribution is -2.21. The summed E-state index contributed by atoms with van der Waals surface area (Å²) in [5, 5.41) is 0. The molecule has 106 valence electrons. The maximum atomic E-state index is 12.0. The molecule has 1 unspecified atom stereocenters. The number of benzene rings is 1. The van der Waals surface area contributed by atoms with Gasteiger partial charge in [0.05, 0.1) is 6.61 Å². The molecule has 0 N–H and O–H groups in total. The zero-order valence-corrected chi connectivity index (χ0v) is 12.3. The summed E-state index contributed by atoms with van der Waals surface area (Å²) in [4.78, 5) is 12.0. The zero-order chi connectivity index (χ0) is 14.3. The highest BCUT2D eigenvalue weighted by molar-refractivity contribution is 5.76. The average Bonchev–Trinajstić information content (AvgIpc) is 2.34. The molecule has 0 aliphatic carbocycles. The standard InChI is InChI=1S/C16H24O3/c1-5-18-15(17)14(13-9-7-6-8-10-13)19-12-11-16(2,3)4/h6-10,14H,5,11-12H2,1-4H3. The van der Waals surface area contributed by atoms with E-state index in [1.54, 1.807) is 6.92 Å². The van der Waals surface area contributed by atoms with Gasteiger partial charge in [-0.3, -0.25) is 0 Å². The topological polar surface area (TPSA) is 35.5 Å². The van der Waals surface area contributed by atoms with Crippen molar-refractivity contribution in [3.63, 3.8) is 0 Å². The summed E-state index contributed by atoms with van der Waals surface area (Å²) in [6.07, 6.45) is 0.277. The third-order valence-electron chi connectivity index (χ3n) is 2.74. The molecule has 1 rings (SSSR count). The van der Waals surface area contributed by atoms with E-state index in [0.717, 1.165) is 12.0 Å². The first-order valence-corrected chi connectivity index (χ1v) is 6.77. The Morgan fingerprint density at radius 3 is 2.37 bits per heavy atom. The van der Waals surface area contributed by atoms with E-state index in [4.69, 9.17) is 9.47 Å². The molecular weight excluding hydrogens is 240 g/mol. The molecule has 0 aliphatic rings. The minimum Gasteiger partial charge on any atom is -0.464 e. The molecular formula is C16H24O3. The van der Waals surface area contributed by atoms with Crippen LogP contribution in [0.4, 0.5) is 0 Å². The number of rotatable bonds is 6. The Labute approximate surface area is 115 Å². The molecule has 0 bridgehead atoms. The molecule has 0 saturated carbocycles. The van der Waals surface area contributed by atoms with Crippen LogP contribution in [-0.2, 0) is 14.3 Å². The van der Waals surface area contributed by atoms with Crippen LogP contribution >= 0.6 is 0 Å². The third kappa shape index (κ3) is 5.88. The molecule has 0 aromatic heterocycles. The molecule has 19 heavy (non-hydrogen) atoms. The first-order chi connectivity index (χ1) is 8.94. The minimum absolute atomic E-state index is 0.190. The average molecular weight is 264 g/mol. The van der Waals surface area contributed by atoms with Gasteiger partial charge < -0.3 is 9.47 Å². The SMILES string of the molecule is CCOC(=O)C(OCCC(C)(C)C)c1ccccc1. The van der Waals surface area contributed by atoms with Crippen molar-refractivity contribution in [2.45, 2.75) is 40.2 Å². The third-order valence-corrected chi connectivity index (χ3v) is 2.74. The monoisotopic (exact) mass is 264 g/mol. The van der Waals surface area contributed by atoms with Crippen molar-refractivity contribution in [1.29, 1.82) is 0 Å². The molecule has 1 aromatic carbocycles. The van der Waals surface area contributed by atoms with Crippen LogP contribution in [0.5, 0.6) is 0 Å². The highest BCUT2D eigenvalue weighted by atomic mass is 16.6. The maximum Gasteiger partial charge on any atom is 0.339 e. The second-order valence-corrected chi connectivity index (χ2v) is 5.72. The number of ether oxygens (including phenoxy) is 2. The summed E-state index contributed by atoms with van der Waals surface area (Å²) >= 11 is 0. The number of esters is 1. The fraction of sp³-hybridized carbons (Fsp3) is 0.562. The molecule has 0 spiro atoms. The summed E-state index contributed by atoms with van der Waals surface area (Å²) in [5.41, 5.74) is 1.03. The van der Waals surface area contributed by atoms with Crippen LogP contribution in [0.2, 0.25) is 0 Å². The Morgan fingerprint density at radius 2 is 1.84 bits per heavy atom. The second-order valence-electron chi connectivity index (χ2n) is 5.72. The van der Waals surface area contributed by atoms with Gasteiger partial charge in [-0.15, -0.1) is 0 Å². The van der Waals surface area contributed by atoms with E-state index in [9.17, 15) is 4.79 Å². The number of carbonyl (C=O) groups is 1. The Morgan fingerprint density at radius 1 is 1.21 bits per heavy atom. The van der Waals surface area contributed by atoms with Crippen LogP contribution in [-0.4, -0.2) is 19.2 Å². The highest BCUT2D eigenvalue weighted by Gasteiger charge is 2.23. The zero-order valence-electron chi connectivity index (χ0n) is 12.3. The van der Waals surface area contributed by atoms with Crippen LogP contribution in [0.3, 0.4) is 0 Å². The van der Waals surface area contributed by atoms with Crippen molar-refractivity contribution >= 4 is 5.97 Å². The fourth-order valence-electron chi connectivity index (χ4n) is 1.63. The van der Waals surface area contributed by atoms with Crippen LogP contribution in [0.25, 0.3) is 0 Å². The first kappa shape index (κ1) is 15.7. The first-order valence-electron chi connectivity index (χ1n) is 6.77. The Balaban J connectivity index is 2.68. The van der Waals surface area contributed by atoms with E-state index in [1.165, 1.54) is 0 Å². The molecule has 3 heteroatoms. The second kappa shape index (κ2) is 7.29. The Hall–Kier alpha value is -1.35. The molecule has 0 amide bonds. The maximum absolute atomic E-state index is 12.0. The lowest BCUT2D eigenvalue weighted by atomic mass is 9.93. The van der Waals surface area contributed by atoms with Crippen LogP contribution in [0.15, 0.2) is 30.3 Å². The van der Waals surface area contributed by atoms with Gasteiger partial charge in [0, 0.05) is 6.61 Å². The van der Waals surface area contributed by atoms with Crippen molar-refractivity contribution < 1.29 is 14.3 Å². The summed E-state index contributed by atoms with van der Waals surface area (Å²) in [6, 6.07) is 9.49. The number of hydrogen-bond acceptors (Lipinski definition) is 3. The smallest absolute Gasteiger partial charge is 0.339 e. The Kier molecular flexibility index (Phi) is 6.03. The van der Waals surface area contributed by atoms with Gasteiger partial charge in [-0.25, -0.2) is 4.79 Å². The van der Waals surface area contributed by atoms with Crippen molar-refractivity contribution in [3.8, 4) is 0 Å². The van der Waals surface area contributed by atoms with Crippen molar-refractivity contribution in [2.24, 2.45) is 5.41 Å². The molecule has 0 radical (unpaired) electrons. The molecule has 0 aliphatic heterocycles. The van der Waals surface area contributed by atoms with E-state index in [1.807, 2.05) is 30.3 Å². The molecule has 0 fully saturated rings. The lowest BCUT2D eigenvalue weighted by molar-refractivity contribution is -0.157. The highest BCUT2D eigenvalue weighted by Crippen LogP contribution is 2.23. The quantitative estimate of drug-likeness (QED) is 0.734. The van der Waals surface area contributed by atoms with Gasteiger partial charge in [0.25, 0.3) is 0 Å². The molecule has 1 atom stereocenters. The van der Waals surface area contributed by atoms with E-state index >= 15 is 0 Å². The van der Waals surface area contributed by atoms with Crippen molar-refractivity contribution in [2.75, 3.05) is 13.2 Å². The summed E-state index contributed by atoms with van der Waals surface area (Å²) < 4.78 is 10.8. The van der Waals surface area contributed by atoms with Gasteiger partial charge in [0.15, 0.2) is 6.10 Å². The largest absolute Gasteiger partial charge is 0.464 e. The van der Waals surface area contributed by atoms with Crippen LogP contribution < -0.4 is 0 Å².